The molecule has 0 bridgehead atoms. The number of rotatable bonds is 6. The number of benzene rings is 1. The van der Waals surface area contributed by atoms with Gasteiger partial charge in [-0.2, -0.15) is 0 Å². The summed E-state index contributed by atoms with van der Waals surface area (Å²) in [5.41, 5.74) is 0.640. The van der Waals surface area contributed by atoms with Crippen molar-refractivity contribution in [2.45, 2.75) is 19.8 Å². The van der Waals surface area contributed by atoms with Crippen LogP contribution in [-0.2, 0) is 4.74 Å². The minimum atomic E-state index is 0.00269. The van der Waals surface area contributed by atoms with Crippen LogP contribution < -0.4 is 4.74 Å². The first-order valence-electron chi connectivity index (χ1n) is 7.10. The van der Waals surface area contributed by atoms with Crippen LogP contribution in [0.5, 0.6) is 5.75 Å². The molecule has 1 aliphatic rings. The van der Waals surface area contributed by atoms with E-state index in [1.165, 1.54) is 0 Å². The minimum Gasteiger partial charge on any atom is -0.497 e. The van der Waals surface area contributed by atoms with Gasteiger partial charge in [-0.25, -0.2) is 0 Å². The number of hydrogen-bond acceptors (Lipinski definition) is 3. The van der Waals surface area contributed by atoms with Crippen LogP contribution in [0.1, 0.15) is 30.1 Å². The van der Waals surface area contributed by atoms with Gasteiger partial charge in [0.15, 0.2) is 5.78 Å². The van der Waals surface area contributed by atoms with Gasteiger partial charge in [-0.3, -0.25) is 4.79 Å². The van der Waals surface area contributed by atoms with E-state index in [4.69, 9.17) is 9.47 Å². The fourth-order valence-corrected chi connectivity index (χ4v) is 2.42. The second-order valence-electron chi connectivity index (χ2n) is 5.35. The molecule has 2 atom stereocenters. The summed E-state index contributed by atoms with van der Waals surface area (Å²) in [7, 11) is 1.60. The Morgan fingerprint density at radius 1 is 1.30 bits per heavy atom. The molecule has 20 heavy (non-hydrogen) atoms. The van der Waals surface area contributed by atoms with E-state index in [-0.39, 0.29) is 12.4 Å². The zero-order valence-electron chi connectivity index (χ0n) is 12.2. The molecule has 108 valence electrons. The molecular weight excluding hydrogens is 252 g/mol. The third kappa shape index (κ3) is 3.94. The predicted molar refractivity (Wildman–Crippen MR) is 79.2 cm³/mol. The van der Waals surface area contributed by atoms with Crippen LogP contribution in [0, 0.1) is 11.8 Å². The van der Waals surface area contributed by atoms with Crippen LogP contribution >= 0.6 is 0 Å². The quantitative estimate of drug-likeness (QED) is 0.588. The van der Waals surface area contributed by atoms with E-state index in [1.54, 1.807) is 19.2 Å². The van der Waals surface area contributed by atoms with Crippen LogP contribution in [0.4, 0.5) is 0 Å². The number of Topliss-reactive ketones (excluding diaryl/α,β-unsaturated/α-hetero) is 1. The number of allylic oxidation sites excluding steroid dienone is 2. The van der Waals surface area contributed by atoms with Gasteiger partial charge in [-0.05, 0) is 36.8 Å². The Balaban J connectivity index is 1.81. The lowest BCUT2D eigenvalue weighted by molar-refractivity contribution is 0.0602. The summed E-state index contributed by atoms with van der Waals surface area (Å²) < 4.78 is 10.7. The molecular formula is C17H22O3. The molecule has 0 aliphatic heterocycles. The molecule has 0 fully saturated rings. The highest BCUT2D eigenvalue weighted by Crippen LogP contribution is 2.25. The molecule has 3 nitrogen and oxygen atoms in total. The third-order valence-electron chi connectivity index (χ3n) is 3.87. The molecule has 0 radical (unpaired) electrons. The lowest BCUT2D eigenvalue weighted by atomic mass is 9.85. The van der Waals surface area contributed by atoms with Crippen molar-refractivity contribution >= 4 is 5.78 Å². The summed E-state index contributed by atoms with van der Waals surface area (Å²) in [6, 6.07) is 7.19. The second kappa shape index (κ2) is 7.25. The van der Waals surface area contributed by atoms with Crippen molar-refractivity contribution in [3.8, 4) is 5.75 Å². The van der Waals surface area contributed by atoms with Crippen molar-refractivity contribution < 1.29 is 14.3 Å². The molecule has 0 spiro atoms. The summed E-state index contributed by atoms with van der Waals surface area (Å²) >= 11 is 0. The van der Waals surface area contributed by atoms with Crippen molar-refractivity contribution in [2.24, 2.45) is 11.8 Å². The highest BCUT2D eigenvalue weighted by Gasteiger charge is 2.18. The fraction of sp³-hybridized carbons (Fsp3) is 0.471. The highest BCUT2D eigenvalue weighted by atomic mass is 16.5. The van der Waals surface area contributed by atoms with Crippen LogP contribution in [0.15, 0.2) is 36.4 Å². The summed E-state index contributed by atoms with van der Waals surface area (Å²) in [4.78, 5) is 12.0. The van der Waals surface area contributed by atoms with E-state index in [0.717, 1.165) is 12.8 Å². The summed E-state index contributed by atoms with van der Waals surface area (Å²) in [6.07, 6.45) is 6.59. The third-order valence-corrected chi connectivity index (χ3v) is 3.87. The molecule has 0 N–H and O–H groups in total. The number of ether oxygens (including phenoxy) is 2. The van der Waals surface area contributed by atoms with Crippen molar-refractivity contribution in [3.05, 3.63) is 42.0 Å². The van der Waals surface area contributed by atoms with Crippen LogP contribution in [-0.4, -0.2) is 26.1 Å². The van der Waals surface area contributed by atoms with Crippen molar-refractivity contribution in [3.63, 3.8) is 0 Å². The Kier molecular flexibility index (Phi) is 5.36. The molecule has 3 heteroatoms. The SMILES string of the molecule is COc1cccc(C(=O)COCC2CC=CCC2C)c1. The fourth-order valence-electron chi connectivity index (χ4n) is 2.42. The Labute approximate surface area is 120 Å². The summed E-state index contributed by atoms with van der Waals surface area (Å²) in [5.74, 6) is 1.86. The lowest BCUT2D eigenvalue weighted by Gasteiger charge is -2.24. The average Bonchev–Trinajstić information content (AvgIpc) is 2.49. The summed E-state index contributed by atoms with van der Waals surface area (Å²) in [6.45, 7) is 3.03. The largest absolute Gasteiger partial charge is 0.497 e. The van der Waals surface area contributed by atoms with Gasteiger partial charge >= 0.3 is 0 Å². The standard InChI is InChI=1S/C17H22O3/c1-13-6-3-4-7-15(13)11-20-12-17(18)14-8-5-9-16(10-14)19-2/h3-5,8-10,13,15H,6-7,11-12H2,1-2H3. The van der Waals surface area contributed by atoms with Crippen LogP contribution in [0.3, 0.4) is 0 Å². The van der Waals surface area contributed by atoms with Gasteiger partial charge in [0.25, 0.3) is 0 Å². The van der Waals surface area contributed by atoms with Gasteiger partial charge in [0.05, 0.1) is 13.7 Å². The average molecular weight is 274 g/mol. The first-order chi connectivity index (χ1) is 9.70. The number of carbonyl (C=O) groups excluding carboxylic acids is 1. The van der Waals surface area contributed by atoms with Gasteiger partial charge in [-0.15, -0.1) is 0 Å². The zero-order chi connectivity index (χ0) is 14.4. The Morgan fingerprint density at radius 3 is 2.85 bits per heavy atom. The maximum atomic E-state index is 12.0. The molecule has 1 aromatic carbocycles. The van der Waals surface area contributed by atoms with E-state index in [9.17, 15) is 4.79 Å². The Bertz CT molecular complexity index is 479. The topological polar surface area (TPSA) is 35.5 Å². The molecule has 0 aromatic heterocycles. The number of ketones is 1. The van der Waals surface area contributed by atoms with Crippen molar-refractivity contribution in [1.29, 1.82) is 0 Å². The number of methoxy groups -OCH3 is 1. The van der Waals surface area contributed by atoms with Crippen molar-refractivity contribution in [2.75, 3.05) is 20.3 Å². The van der Waals surface area contributed by atoms with E-state index < -0.39 is 0 Å². The van der Waals surface area contributed by atoms with Crippen LogP contribution in [0.25, 0.3) is 0 Å². The van der Waals surface area contributed by atoms with E-state index >= 15 is 0 Å². The molecule has 1 aromatic rings. The van der Waals surface area contributed by atoms with Gasteiger partial charge in [0, 0.05) is 5.56 Å². The van der Waals surface area contributed by atoms with E-state index in [0.29, 0.717) is 29.8 Å². The monoisotopic (exact) mass is 274 g/mol. The first-order valence-corrected chi connectivity index (χ1v) is 7.10. The normalized spacial score (nSPS) is 21.7. The number of hydrogen-bond donors (Lipinski definition) is 0. The smallest absolute Gasteiger partial charge is 0.188 e. The van der Waals surface area contributed by atoms with Crippen LogP contribution in [0.2, 0.25) is 0 Å². The maximum absolute atomic E-state index is 12.0. The van der Waals surface area contributed by atoms with Gasteiger partial charge < -0.3 is 9.47 Å². The predicted octanol–water partition coefficient (Wildman–Crippen LogP) is 3.50. The molecule has 2 rings (SSSR count). The van der Waals surface area contributed by atoms with Crippen molar-refractivity contribution in [1.82, 2.24) is 0 Å². The molecule has 0 heterocycles. The van der Waals surface area contributed by atoms with E-state index in [1.807, 2.05) is 12.1 Å². The number of carbonyl (C=O) groups is 1. The minimum absolute atomic E-state index is 0.00269. The highest BCUT2D eigenvalue weighted by molar-refractivity contribution is 5.97. The van der Waals surface area contributed by atoms with Gasteiger partial charge in [0.2, 0.25) is 0 Å². The lowest BCUT2D eigenvalue weighted by Crippen LogP contribution is -2.21. The zero-order valence-corrected chi connectivity index (χ0v) is 12.2. The molecule has 0 saturated heterocycles. The van der Waals surface area contributed by atoms with Gasteiger partial charge in [0.1, 0.15) is 12.4 Å². The Morgan fingerprint density at radius 2 is 2.10 bits per heavy atom. The molecule has 2 unspecified atom stereocenters. The van der Waals surface area contributed by atoms with E-state index in [2.05, 4.69) is 19.1 Å². The summed E-state index contributed by atoms with van der Waals surface area (Å²) in [5, 5.41) is 0. The molecule has 1 aliphatic carbocycles. The first kappa shape index (κ1) is 14.8. The second-order valence-corrected chi connectivity index (χ2v) is 5.35. The molecule has 0 saturated carbocycles. The van der Waals surface area contributed by atoms with Gasteiger partial charge in [-0.1, -0.05) is 31.2 Å². The molecule has 0 amide bonds. The maximum Gasteiger partial charge on any atom is 0.188 e. The Hall–Kier alpha value is -1.61.